The summed E-state index contributed by atoms with van der Waals surface area (Å²) in [6, 6.07) is 10.7. The largest absolute Gasteiger partial charge is 0.359 e. The molecule has 2 heterocycles. The molecular weight excluding hydrogens is 290 g/mol. The maximum Gasteiger partial charge on any atom is 0.252 e. The Morgan fingerprint density at radius 3 is 2.90 bits per heavy atom. The molecule has 0 spiro atoms. The smallest absolute Gasteiger partial charge is 0.252 e. The van der Waals surface area contributed by atoms with E-state index in [0.717, 1.165) is 11.1 Å². The third kappa shape index (κ3) is 2.87. The topological polar surface area (TPSA) is 68.0 Å². The number of carbonyl (C=O) groups excluding carboxylic acids is 1. The Hall–Kier alpha value is -2.40. The van der Waals surface area contributed by atoms with Crippen molar-refractivity contribution in [3.63, 3.8) is 0 Å². The van der Waals surface area contributed by atoms with Crippen molar-refractivity contribution in [2.24, 2.45) is 0 Å². The summed E-state index contributed by atoms with van der Waals surface area (Å²) in [6.45, 7) is 2.10. The number of fused-ring (bicyclic) bond motifs is 1. The van der Waals surface area contributed by atoms with Gasteiger partial charge in [0.05, 0.1) is 23.3 Å². The van der Waals surface area contributed by atoms with Crippen molar-refractivity contribution in [3.8, 4) is 0 Å². The Bertz CT molecular complexity index is 814. The Kier molecular flexibility index (Phi) is 3.58. The molecule has 0 fully saturated rings. The number of para-hydroxylation sites is 1. The number of aryl methyl sites for hydroxylation is 1. The first kappa shape index (κ1) is 13.6. The molecule has 2 aromatic heterocycles. The Balaban J connectivity index is 1.87. The van der Waals surface area contributed by atoms with Crippen molar-refractivity contribution in [3.05, 3.63) is 58.6 Å². The van der Waals surface area contributed by atoms with Crippen LogP contribution in [0, 0.1) is 6.92 Å². The molecule has 0 aliphatic carbocycles. The zero-order valence-electron chi connectivity index (χ0n) is 11.3. The van der Waals surface area contributed by atoms with Gasteiger partial charge in [-0.05, 0) is 19.1 Å². The number of aromatic nitrogens is 2. The molecule has 0 saturated heterocycles. The number of amides is 1. The summed E-state index contributed by atoms with van der Waals surface area (Å²) in [5, 5.41) is 7.61. The fourth-order valence-corrected chi connectivity index (χ4v) is 2.29. The van der Waals surface area contributed by atoms with Crippen LogP contribution in [0.4, 0.5) is 0 Å². The second-order valence-electron chi connectivity index (χ2n) is 4.63. The number of nitrogens with one attached hydrogen (secondary N) is 1. The van der Waals surface area contributed by atoms with Gasteiger partial charge in [-0.1, -0.05) is 35.0 Å². The first-order chi connectivity index (χ1) is 10.1. The van der Waals surface area contributed by atoms with Crippen LogP contribution in [-0.2, 0) is 6.54 Å². The summed E-state index contributed by atoms with van der Waals surface area (Å²) in [4.78, 5) is 16.5. The first-order valence-electron chi connectivity index (χ1n) is 6.39. The maximum atomic E-state index is 12.3. The van der Waals surface area contributed by atoms with Gasteiger partial charge in [0.2, 0.25) is 0 Å². The van der Waals surface area contributed by atoms with E-state index in [1.165, 1.54) is 0 Å². The molecule has 3 rings (SSSR count). The molecule has 1 aromatic carbocycles. The molecule has 0 bridgehead atoms. The van der Waals surface area contributed by atoms with Gasteiger partial charge in [-0.2, -0.15) is 0 Å². The number of pyridine rings is 1. The van der Waals surface area contributed by atoms with Gasteiger partial charge < -0.3 is 9.84 Å². The SMILES string of the molecule is Cc1cc(CNC(=O)c2cc(Cl)nc3ccccc23)on1. The second kappa shape index (κ2) is 5.54. The summed E-state index contributed by atoms with van der Waals surface area (Å²) in [5.41, 5.74) is 1.95. The van der Waals surface area contributed by atoms with Crippen molar-refractivity contribution < 1.29 is 9.32 Å². The van der Waals surface area contributed by atoms with E-state index in [2.05, 4.69) is 15.5 Å². The van der Waals surface area contributed by atoms with Crippen LogP contribution < -0.4 is 5.32 Å². The number of nitrogens with zero attached hydrogens (tertiary/aromatic N) is 2. The van der Waals surface area contributed by atoms with E-state index in [4.69, 9.17) is 16.1 Å². The lowest BCUT2D eigenvalue weighted by Crippen LogP contribution is -2.23. The van der Waals surface area contributed by atoms with E-state index in [1.54, 1.807) is 12.1 Å². The average Bonchev–Trinajstić information content (AvgIpc) is 2.89. The van der Waals surface area contributed by atoms with Gasteiger partial charge in [0.25, 0.3) is 5.91 Å². The van der Waals surface area contributed by atoms with Crippen LogP contribution in [0.25, 0.3) is 10.9 Å². The van der Waals surface area contributed by atoms with Crippen LogP contribution in [-0.4, -0.2) is 16.0 Å². The molecule has 0 atom stereocenters. The zero-order chi connectivity index (χ0) is 14.8. The number of hydrogen-bond acceptors (Lipinski definition) is 4. The van der Waals surface area contributed by atoms with Gasteiger partial charge in [0.1, 0.15) is 5.15 Å². The summed E-state index contributed by atoms with van der Waals surface area (Å²) in [5.74, 6) is 0.370. The van der Waals surface area contributed by atoms with E-state index in [-0.39, 0.29) is 17.6 Å². The van der Waals surface area contributed by atoms with E-state index in [0.29, 0.717) is 16.8 Å². The van der Waals surface area contributed by atoms with E-state index in [9.17, 15) is 4.79 Å². The van der Waals surface area contributed by atoms with Crippen LogP contribution in [0.2, 0.25) is 5.15 Å². The lowest BCUT2D eigenvalue weighted by Gasteiger charge is -2.07. The molecule has 106 valence electrons. The highest BCUT2D eigenvalue weighted by Gasteiger charge is 2.13. The maximum absolute atomic E-state index is 12.3. The highest BCUT2D eigenvalue weighted by atomic mass is 35.5. The summed E-state index contributed by atoms with van der Waals surface area (Å²) in [6.07, 6.45) is 0. The zero-order valence-corrected chi connectivity index (χ0v) is 12.0. The molecule has 1 amide bonds. The molecule has 5 nitrogen and oxygen atoms in total. The molecule has 0 radical (unpaired) electrons. The monoisotopic (exact) mass is 301 g/mol. The van der Waals surface area contributed by atoms with Gasteiger partial charge in [0.15, 0.2) is 5.76 Å². The minimum Gasteiger partial charge on any atom is -0.359 e. The van der Waals surface area contributed by atoms with E-state index < -0.39 is 0 Å². The quantitative estimate of drug-likeness (QED) is 0.755. The molecule has 3 aromatic rings. The molecule has 21 heavy (non-hydrogen) atoms. The van der Waals surface area contributed by atoms with Crippen molar-refractivity contribution in [2.45, 2.75) is 13.5 Å². The lowest BCUT2D eigenvalue weighted by molar-refractivity contribution is 0.0948. The molecule has 6 heteroatoms. The minimum atomic E-state index is -0.232. The highest BCUT2D eigenvalue weighted by molar-refractivity contribution is 6.30. The molecule has 0 aliphatic heterocycles. The number of rotatable bonds is 3. The molecule has 0 unspecified atom stereocenters. The van der Waals surface area contributed by atoms with Gasteiger partial charge >= 0.3 is 0 Å². The summed E-state index contributed by atoms with van der Waals surface area (Å²) in [7, 11) is 0. The Labute approximate surface area is 125 Å². The second-order valence-corrected chi connectivity index (χ2v) is 5.01. The number of carbonyl (C=O) groups is 1. The molecule has 1 N–H and O–H groups in total. The van der Waals surface area contributed by atoms with Crippen molar-refractivity contribution in [1.29, 1.82) is 0 Å². The standard InChI is InChI=1S/C15H12ClN3O2/c1-9-6-10(21-19-9)8-17-15(20)12-7-14(16)18-13-5-3-2-4-11(12)13/h2-7H,8H2,1H3,(H,17,20). The third-order valence-corrected chi connectivity index (χ3v) is 3.22. The molecule has 0 aliphatic rings. The minimum absolute atomic E-state index is 0.232. The van der Waals surface area contributed by atoms with Gasteiger partial charge in [-0.15, -0.1) is 0 Å². The van der Waals surface area contributed by atoms with Crippen molar-refractivity contribution in [2.75, 3.05) is 0 Å². The van der Waals surface area contributed by atoms with E-state index >= 15 is 0 Å². The van der Waals surface area contributed by atoms with Gasteiger partial charge in [-0.25, -0.2) is 4.98 Å². The van der Waals surface area contributed by atoms with Crippen LogP contribution in [0.5, 0.6) is 0 Å². The predicted octanol–water partition coefficient (Wildman–Crippen LogP) is 3.11. The summed E-state index contributed by atoms with van der Waals surface area (Å²) < 4.78 is 5.06. The molecular formula is C15H12ClN3O2. The lowest BCUT2D eigenvalue weighted by atomic mass is 10.1. The number of hydrogen-bond donors (Lipinski definition) is 1. The Morgan fingerprint density at radius 2 is 2.14 bits per heavy atom. The van der Waals surface area contributed by atoms with Crippen molar-refractivity contribution in [1.82, 2.24) is 15.5 Å². The summed E-state index contributed by atoms with van der Waals surface area (Å²) >= 11 is 5.97. The third-order valence-electron chi connectivity index (χ3n) is 3.03. The average molecular weight is 302 g/mol. The Morgan fingerprint density at radius 1 is 1.33 bits per heavy atom. The van der Waals surface area contributed by atoms with Crippen LogP contribution in [0.1, 0.15) is 21.8 Å². The fourth-order valence-electron chi connectivity index (χ4n) is 2.09. The first-order valence-corrected chi connectivity index (χ1v) is 6.77. The van der Waals surface area contributed by atoms with Crippen LogP contribution >= 0.6 is 11.6 Å². The molecule has 0 saturated carbocycles. The van der Waals surface area contributed by atoms with Gasteiger partial charge in [0, 0.05) is 11.5 Å². The van der Waals surface area contributed by atoms with Crippen LogP contribution in [0.3, 0.4) is 0 Å². The normalized spacial score (nSPS) is 10.8. The fraction of sp³-hybridized carbons (Fsp3) is 0.133. The highest BCUT2D eigenvalue weighted by Crippen LogP contribution is 2.20. The van der Waals surface area contributed by atoms with Crippen LogP contribution in [0.15, 0.2) is 40.9 Å². The number of halogens is 1. The number of benzene rings is 1. The van der Waals surface area contributed by atoms with Gasteiger partial charge in [-0.3, -0.25) is 4.79 Å². The predicted molar refractivity (Wildman–Crippen MR) is 79.2 cm³/mol. The van der Waals surface area contributed by atoms with Crippen molar-refractivity contribution >= 4 is 28.4 Å². The van der Waals surface area contributed by atoms with E-state index in [1.807, 2.05) is 31.2 Å².